The first kappa shape index (κ1) is 10.4. The van der Waals surface area contributed by atoms with Crippen molar-refractivity contribution < 1.29 is 4.79 Å². The minimum absolute atomic E-state index is 0.0801. The Morgan fingerprint density at radius 1 is 1.50 bits per heavy atom. The van der Waals surface area contributed by atoms with Crippen LogP contribution in [0, 0.1) is 0 Å². The predicted molar refractivity (Wildman–Crippen MR) is 68.7 cm³/mol. The van der Waals surface area contributed by atoms with Crippen LogP contribution in [0.25, 0.3) is 5.65 Å². The van der Waals surface area contributed by atoms with Crippen molar-refractivity contribution in [2.24, 2.45) is 0 Å². The van der Waals surface area contributed by atoms with Gasteiger partial charge in [-0.1, -0.05) is 0 Å². The van der Waals surface area contributed by atoms with Crippen molar-refractivity contribution in [1.29, 1.82) is 0 Å². The molecule has 2 unspecified atom stereocenters. The first-order chi connectivity index (χ1) is 8.83. The molecule has 2 fully saturated rings. The number of hydrogen-bond donors (Lipinski definition) is 0. The summed E-state index contributed by atoms with van der Waals surface area (Å²) in [4.78, 5) is 18.8. The van der Waals surface area contributed by atoms with Crippen LogP contribution in [0.2, 0.25) is 0 Å². The lowest BCUT2D eigenvalue weighted by Crippen LogP contribution is -2.39. The molecule has 18 heavy (non-hydrogen) atoms. The number of aromatic nitrogens is 3. The van der Waals surface area contributed by atoms with Gasteiger partial charge in [-0.15, -0.1) is 0 Å². The van der Waals surface area contributed by atoms with Crippen LogP contribution in [-0.2, 0) is 0 Å². The van der Waals surface area contributed by atoms with Crippen LogP contribution in [-0.4, -0.2) is 49.0 Å². The highest BCUT2D eigenvalue weighted by atomic mass is 32.2. The average molecular weight is 260 g/mol. The Morgan fingerprint density at radius 3 is 3.22 bits per heavy atom. The Balaban J connectivity index is 1.72. The Labute approximate surface area is 108 Å². The second kappa shape index (κ2) is 3.71. The minimum Gasteiger partial charge on any atom is -0.334 e. The van der Waals surface area contributed by atoms with E-state index in [-0.39, 0.29) is 5.91 Å². The Bertz CT molecular complexity index is 625. The maximum absolute atomic E-state index is 12.5. The van der Waals surface area contributed by atoms with E-state index in [0.29, 0.717) is 22.5 Å². The van der Waals surface area contributed by atoms with Crippen molar-refractivity contribution in [3.8, 4) is 0 Å². The zero-order chi connectivity index (χ0) is 12.1. The lowest BCUT2D eigenvalue weighted by atomic mass is 10.2. The zero-order valence-corrected chi connectivity index (χ0v) is 10.5. The third-order valence-electron chi connectivity index (χ3n) is 3.67. The Hall–Kier alpha value is -1.56. The van der Waals surface area contributed by atoms with Crippen LogP contribution in [0.3, 0.4) is 0 Å². The fraction of sp³-hybridized carbons (Fsp3) is 0.417. The minimum atomic E-state index is 0.0801. The van der Waals surface area contributed by atoms with Crippen LogP contribution in [0.5, 0.6) is 0 Å². The van der Waals surface area contributed by atoms with Gasteiger partial charge in [0.05, 0.1) is 6.20 Å². The number of amides is 1. The summed E-state index contributed by atoms with van der Waals surface area (Å²) in [6.07, 6.45) is 6.28. The topological polar surface area (TPSA) is 50.5 Å². The SMILES string of the molecule is O=C(c1cnn2cccnc12)N1CC2CC1CS2. The number of fused-ring (bicyclic) bond motifs is 3. The van der Waals surface area contributed by atoms with Gasteiger partial charge in [-0.25, -0.2) is 9.50 Å². The summed E-state index contributed by atoms with van der Waals surface area (Å²) < 4.78 is 1.65. The van der Waals surface area contributed by atoms with E-state index in [1.807, 2.05) is 28.9 Å². The summed E-state index contributed by atoms with van der Waals surface area (Å²) in [5.41, 5.74) is 1.27. The smallest absolute Gasteiger partial charge is 0.259 e. The molecule has 92 valence electrons. The highest BCUT2D eigenvalue weighted by Gasteiger charge is 2.41. The molecule has 6 heteroatoms. The number of hydrogen-bond acceptors (Lipinski definition) is 4. The number of carbonyl (C=O) groups is 1. The molecule has 2 aromatic rings. The van der Waals surface area contributed by atoms with Crippen molar-refractivity contribution in [3.05, 3.63) is 30.2 Å². The van der Waals surface area contributed by atoms with E-state index in [9.17, 15) is 4.79 Å². The van der Waals surface area contributed by atoms with E-state index >= 15 is 0 Å². The molecule has 2 bridgehead atoms. The summed E-state index contributed by atoms with van der Waals surface area (Å²) >= 11 is 1.98. The molecule has 1 amide bonds. The maximum atomic E-state index is 12.5. The largest absolute Gasteiger partial charge is 0.334 e. The van der Waals surface area contributed by atoms with Crippen molar-refractivity contribution in [3.63, 3.8) is 0 Å². The van der Waals surface area contributed by atoms with E-state index in [0.717, 1.165) is 18.7 Å². The lowest BCUT2D eigenvalue weighted by molar-refractivity contribution is 0.0749. The van der Waals surface area contributed by atoms with E-state index in [1.54, 1.807) is 16.9 Å². The summed E-state index contributed by atoms with van der Waals surface area (Å²) in [5, 5.41) is 4.81. The predicted octanol–water partition coefficient (Wildman–Crippen LogP) is 1.06. The summed E-state index contributed by atoms with van der Waals surface area (Å²) in [6, 6.07) is 2.22. The van der Waals surface area contributed by atoms with Gasteiger partial charge in [0.2, 0.25) is 0 Å². The molecule has 2 atom stereocenters. The van der Waals surface area contributed by atoms with Crippen LogP contribution < -0.4 is 0 Å². The zero-order valence-electron chi connectivity index (χ0n) is 9.69. The van der Waals surface area contributed by atoms with Gasteiger partial charge in [0, 0.05) is 36.0 Å². The standard InChI is InChI=1S/C12H12N4OS/c17-12(15-6-9-4-8(15)7-18-9)10-5-14-16-3-1-2-13-11(10)16/h1-3,5,8-9H,4,6-7H2. The van der Waals surface area contributed by atoms with Gasteiger partial charge in [-0.2, -0.15) is 16.9 Å². The van der Waals surface area contributed by atoms with E-state index < -0.39 is 0 Å². The molecule has 0 aliphatic carbocycles. The van der Waals surface area contributed by atoms with Crippen molar-refractivity contribution >= 4 is 23.3 Å². The number of nitrogens with zero attached hydrogens (tertiary/aromatic N) is 4. The monoisotopic (exact) mass is 260 g/mol. The van der Waals surface area contributed by atoms with Crippen LogP contribution in [0.1, 0.15) is 16.8 Å². The number of thioether (sulfide) groups is 1. The third-order valence-corrected chi connectivity index (χ3v) is 5.06. The molecule has 2 saturated heterocycles. The van der Waals surface area contributed by atoms with Gasteiger partial charge < -0.3 is 4.90 Å². The second-order valence-corrected chi connectivity index (χ2v) is 6.08. The van der Waals surface area contributed by atoms with Gasteiger partial charge in [0.15, 0.2) is 5.65 Å². The summed E-state index contributed by atoms with van der Waals surface area (Å²) in [6.45, 7) is 0.873. The molecule has 0 radical (unpaired) electrons. The quantitative estimate of drug-likeness (QED) is 0.769. The molecule has 0 aromatic carbocycles. The van der Waals surface area contributed by atoms with Crippen LogP contribution in [0.15, 0.2) is 24.7 Å². The van der Waals surface area contributed by atoms with Gasteiger partial charge >= 0.3 is 0 Å². The highest BCUT2D eigenvalue weighted by molar-refractivity contribution is 8.00. The molecular weight excluding hydrogens is 248 g/mol. The molecule has 2 aliphatic heterocycles. The van der Waals surface area contributed by atoms with Crippen LogP contribution >= 0.6 is 11.8 Å². The first-order valence-corrected chi connectivity index (χ1v) is 7.09. The first-order valence-electron chi connectivity index (χ1n) is 6.04. The van der Waals surface area contributed by atoms with E-state index in [1.165, 1.54) is 0 Å². The fourth-order valence-electron chi connectivity index (χ4n) is 2.78. The molecule has 0 spiro atoms. The van der Waals surface area contributed by atoms with Crippen molar-refractivity contribution in [2.45, 2.75) is 17.7 Å². The molecule has 4 heterocycles. The molecule has 4 rings (SSSR count). The normalized spacial score (nSPS) is 26.1. The summed E-state index contributed by atoms with van der Waals surface area (Å²) in [5.74, 6) is 1.15. The lowest BCUT2D eigenvalue weighted by Gasteiger charge is -2.26. The third kappa shape index (κ3) is 1.38. The van der Waals surface area contributed by atoms with Crippen molar-refractivity contribution in [2.75, 3.05) is 12.3 Å². The van der Waals surface area contributed by atoms with Gasteiger partial charge in [0.1, 0.15) is 5.56 Å². The van der Waals surface area contributed by atoms with Crippen LogP contribution in [0.4, 0.5) is 0 Å². The fourth-order valence-corrected chi connectivity index (χ4v) is 4.22. The Morgan fingerprint density at radius 2 is 2.44 bits per heavy atom. The van der Waals surface area contributed by atoms with Gasteiger partial charge in [0.25, 0.3) is 5.91 Å². The summed E-state index contributed by atoms with van der Waals surface area (Å²) in [7, 11) is 0. The van der Waals surface area contributed by atoms with Gasteiger partial charge in [-0.3, -0.25) is 4.79 Å². The second-order valence-electron chi connectivity index (χ2n) is 4.75. The van der Waals surface area contributed by atoms with Gasteiger partial charge in [-0.05, 0) is 12.5 Å². The molecular formula is C12H12N4OS. The Kier molecular flexibility index (Phi) is 2.14. The number of carbonyl (C=O) groups excluding carboxylic acids is 1. The molecule has 0 saturated carbocycles. The molecule has 0 N–H and O–H groups in total. The number of rotatable bonds is 1. The highest BCUT2D eigenvalue weighted by Crippen LogP contribution is 2.38. The van der Waals surface area contributed by atoms with E-state index in [2.05, 4.69) is 10.1 Å². The van der Waals surface area contributed by atoms with Crippen molar-refractivity contribution in [1.82, 2.24) is 19.5 Å². The molecule has 2 aliphatic rings. The molecule has 5 nitrogen and oxygen atoms in total. The average Bonchev–Trinajstić information content (AvgIpc) is 3.12. The van der Waals surface area contributed by atoms with E-state index in [4.69, 9.17) is 0 Å². The maximum Gasteiger partial charge on any atom is 0.259 e. The molecule has 2 aromatic heterocycles. The number of likely N-dealkylation sites (tertiary alicyclic amines) is 1.